The lowest BCUT2D eigenvalue weighted by Crippen LogP contribution is -2.08. The van der Waals surface area contributed by atoms with E-state index in [9.17, 15) is 0 Å². The van der Waals surface area contributed by atoms with Crippen LogP contribution in [0, 0.1) is 13.8 Å². The van der Waals surface area contributed by atoms with Gasteiger partial charge >= 0.3 is 0 Å². The maximum Gasteiger partial charge on any atom is 0.141 e. The lowest BCUT2D eigenvalue weighted by molar-refractivity contribution is 1.14. The van der Waals surface area contributed by atoms with Gasteiger partial charge in [0, 0.05) is 11.4 Å². The minimum atomic E-state index is 1.10. The zero-order valence-electron chi connectivity index (χ0n) is 6.10. The minimum Gasteiger partial charge on any atom is -0.259 e. The van der Waals surface area contributed by atoms with Crippen LogP contribution in [-0.2, 0) is 0 Å². The quantitative estimate of drug-likeness (QED) is 0.436. The molecule has 0 aromatic carbocycles. The summed E-state index contributed by atoms with van der Waals surface area (Å²) in [6.45, 7) is 4.04. The van der Waals surface area contributed by atoms with Crippen molar-refractivity contribution in [3.63, 3.8) is 0 Å². The highest BCUT2D eigenvalue weighted by Crippen LogP contribution is 1.90. The fourth-order valence-corrected chi connectivity index (χ4v) is 0.756. The molecular weight excluding hydrogens is 109 g/mol. The molecule has 1 aromatic rings. The molecule has 0 aliphatic rings. The Labute approximate surface area is 56.5 Å². The second-order valence-electron chi connectivity index (χ2n) is 2.35. The molecule has 0 bridgehead atoms. The summed E-state index contributed by atoms with van der Waals surface area (Å²) in [5, 5.41) is 0. The zero-order chi connectivity index (χ0) is 6.85. The average molecular weight is 119 g/mol. The molecule has 9 heavy (non-hydrogen) atoms. The van der Waals surface area contributed by atoms with Gasteiger partial charge < -0.3 is 0 Å². The van der Waals surface area contributed by atoms with Crippen LogP contribution in [0.25, 0.3) is 0 Å². The van der Waals surface area contributed by atoms with E-state index in [4.69, 9.17) is 0 Å². The van der Waals surface area contributed by atoms with Crippen molar-refractivity contribution >= 4 is 13.3 Å². The monoisotopic (exact) mass is 119 g/mol. The van der Waals surface area contributed by atoms with Crippen molar-refractivity contribution in [2.45, 2.75) is 13.8 Å². The summed E-state index contributed by atoms with van der Waals surface area (Å²) in [5.74, 6) is 0. The van der Waals surface area contributed by atoms with Crippen molar-refractivity contribution in [1.82, 2.24) is 4.98 Å². The Morgan fingerprint density at radius 3 is 2.44 bits per heavy atom. The molecule has 0 unspecified atom stereocenters. The molecule has 0 N–H and O–H groups in total. The number of hydrogen-bond acceptors (Lipinski definition) is 1. The van der Waals surface area contributed by atoms with Crippen molar-refractivity contribution in [1.29, 1.82) is 0 Å². The van der Waals surface area contributed by atoms with Crippen LogP contribution in [0.1, 0.15) is 11.4 Å². The second kappa shape index (κ2) is 2.22. The molecular formula is C7H10BN. The highest BCUT2D eigenvalue weighted by Gasteiger charge is 1.90. The van der Waals surface area contributed by atoms with E-state index in [0.29, 0.717) is 0 Å². The molecule has 0 fully saturated rings. The van der Waals surface area contributed by atoms with Gasteiger partial charge in [-0.15, -0.1) is 0 Å². The maximum absolute atomic E-state index is 4.27. The second-order valence-corrected chi connectivity index (χ2v) is 2.35. The van der Waals surface area contributed by atoms with Gasteiger partial charge in [0.15, 0.2) is 0 Å². The number of pyridine rings is 1. The Kier molecular flexibility index (Phi) is 1.56. The van der Waals surface area contributed by atoms with E-state index in [0.717, 1.165) is 11.4 Å². The van der Waals surface area contributed by atoms with E-state index in [2.05, 4.69) is 18.9 Å². The molecule has 0 atom stereocenters. The van der Waals surface area contributed by atoms with Gasteiger partial charge in [-0.1, -0.05) is 11.5 Å². The first-order valence-electron chi connectivity index (χ1n) is 3.11. The summed E-state index contributed by atoms with van der Waals surface area (Å²) < 4.78 is 0. The fourth-order valence-electron chi connectivity index (χ4n) is 0.756. The summed E-state index contributed by atoms with van der Waals surface area (Å²) in [7, 11) is 2.07. The van der Waals surface area contributed by atoms with Crippen LogP contribution in [0.15, 0.2) is 12.1 Å². The van der Waals surface area contributed by atoms with Crippen LogP contribution in [0.3, 0.4) is 0 Å². The standard InChI is InChI=1S/C7H10BN/c1-5-3-4-7(8)6(2)9-5/h3-4H,8H2,1-2H3. The molecule has 0 saturated heterocycles. The van der Waals surface area contributed by atoms with Gasteiger partial charge in [-0.2, -0.15) is 0 Å². The van der Waals surface area contributed by atoms with Crippen molar-refractivity contribution < 1.29 is 0 Å². The first kappa shape index (κ1) is 6.34. The lowest BCUT2D eigenvalue weighted by atomic mass is 9.95. The SMILES string of the molecule is Bc1ccc(C)nc1C. The first-order valence-corrected chi connectivity index (χ1v) is 3.11. The molecule has 1 heterocycles. The average Bonchev–Trinajstić information content (AvgIpc) is 1.80. The van der Waals surface area contributed by atoms with E-state index >= 15 is 0 Å². The number of aryl methyl sites for hydroxylation is 2. The van der Waals surface area contributed by atoms with E-state index in [1.165, 1.54) is 5.46 Å². The van der Waals surface area contributed by atoms with E-state index in [1.54, 1.807) is 0 Å². The smallest absolute Gasteiger partial charge is 0.141 e. The lowest BCUT2D eigenvalue weighted by Gasteiger charge is -1.97. The Balaban J connectivity index is 3.17. The molecule has 2 heteroatoms. The fraction of sp³-hybridized carbons (Fsp3) is 0.286. The predicted molar refractivity (Wildman–Crippen MR) is 41.9 cm³/mol. The summed E-state index contributed by atoms with van der Waals surface area (Å²) in [4.78, 5) is 4.27. The molecule has 1 nitrogen and oxygen atoms in total. The van der Waals surface area contributed by atoms with Crippen molar-refractivity contribution in [2.75, 3.05) is 0 Å². The van der Waals surface area contributed by atoms with Gasteiger partial charge in [0.25, 0.3) is 0 Å². The summed E-state index contributed by atoms with van der Waals surface area (Å²) in [5.41, 5.74) is 3.49. The van der Waals surface area contributed by atoms with Crippen LogP contribution in [-0.4, -0.2) is 12.8 Å². The first-order chi connectivity index (χ1) is 4.20. The topological polar surface area (TPSA) is 12.9 Å². The number of nitrogens with zero attached hydrogens (tertiary/aromatic N) is 1. The molecule has 1 rings (SSSR count). The van der Waals surface area contributed by atoms with Gasteiger partial charge in [0.2, 0.25) is 0 Å². The van der Waals surface area contributed by atoms with Gasteiger partial charge in [-0.3, -0.25) is 4.98 Å². The molecule has 46 valence electrons. The molecule has 0 saturated carbocycles. The minimum absolute atomic E-state index is 1.10. The Bertz CT molecular complexity index is 220. The summed E-state index contributed by atoms with van der Waals surface area (Å²) in [6, 6.07) is 4.12. The van der Waals surface area contributed by atoms with Crippen molar-refractivity contribution in [2.24, 2.45) is 0 Å². The predicted octanol–water partition coefficient (Wildman–Crippen LogP) is -0.0432. The normalized spacial score (nSPS) is 9.56. The molecule has 0 radical (unpaired) electrons. The van der Waals surface area contributed by atoms with Crippen LogP contribution >= 0.6 is 0 Å². The molecule has 0 aliphatic heterocycles. The summed E-state index contributed by atoms with van der Waals surface area (Å²) in [6.07, 6.45) is 0. The third-order valence-corrected chi connectivity index (χ3v) is 1.49. The van der Waals surface area contributed by atoms with Crippen molar-refractivity contribution in [3.05, 3.63) is 23.5 Å². The van der Waals surface area contributed by atoms with Crippen molar-refractivity contribution in [3.8, 4) is 0 Å². The molecule has 0 amide bonds. The van der Waals surface area contributed by atoms with Gasteiger partial charge in [0.1, 0.15) is 7.85 Å². The molecule has 0 spiro atoms. The zero-order valence-corrected chi connectivity index (χ0v) is 6.10. The Morgan fingerprint density at radius 1 is 1.33 bits per heavy atom. The van der Waals surface area contributed by atoms with Crippen LogP contribution in [0.5, 0.6) is 0 Å². The number of hydrogen-bond donors (Lipinski definition) is 0. The van der Waals surface area contributed by atoms with Gasteiger partial charge in [-0.05, 0) is 19.9 Å². The highest BCUT2D eigenvalue weighted by atomic mass is 14.7. The Morgan fingerprint density at radius 2 is 2.00 bits per heavy atom. The third kappa shape index (κ3) is 1.32. The molecule has 1 aromatic heterocycles. The van der Waals surface area contributed by atoms with E-state index < -0.39 is 0 Å². The summed E-state index contributed by atoms with van der Waals surface area (Å²) >= 11 is 0. The number of aromatic nitrogens is 1. The van der Waals surface area contributed by atoms with Crippen LogP contribution in [0.4, 0.5) is 0 Å². The third-order valence-electron chi connectivity index (χ3n) is 1.49. The largest absolute Gasteiger partial charge is 0.259 e. The number of rotatable bonds is 0. The van der Waals surface area contributed by atoms with Gasteiger partial charge in [-0.25, -0.2) is 0 Å². The van der Waals surface area contributed by atoms with Crippen LogP contribution in [0.2, 0.25) is 0 Å². The van der Waals surface area contributed by atoms with Gasteiger partial charge in [0.05, 0.1) is 0 Å². The van der Waals surface area contributed by atoms with E-state index in [-0.39, 0.29) is 0 Å². The Hall–Kier alpha value is -0.785. The van der Waals surface area contributed by atoms with Crippen LogP contribution < -0.4 is 5.46 Å². The molecule has 0 aliphatic carbocycles. The highest BCUT2D eigenvalue weighted by molar-refractivity contribution is 6.32. The van der Waals surface area contributed by atoms with E-state index in [1.807, 2.05) is 19.9 Å². The maximum atomic E-state index is 4.27.